The van der Waals surface area contributed by atoms with Gasteiger partial charge in [0.2, 0.25) is 0 Å². The first-order chi connectivity index (χ1) is 12.0. The van der Waals surface area contributed by atoms with Crippen LogP contribution in [0.15, 0.2) is 18.2 Å². The zero-order valence-electron chi connectivity index (χ0n) is 15.4. The van der Waals surface area contributed by atoms with Crippen molar-refractivity contribution in [1.29, 1.82) is 0 Å². The fourth-order valence-electron chi connectivity index (χ4n) is 3.52. The standard InChI is InChI=1S/C19H26N4O2/c1-13-16(14(2)22(3)21-13)8-10-20-19(24)23-11-9-17-15(12-23)6-5-7-18(17)25-4/h5-7H,8-12H2,1-4H3,(H,20,24). The van der Waals surface area contributed by atoms with Crippen molar-refractivity contribution in [1.82, 2.24) is 20.0 Å². The number of hydrogen-bond donors (Lipinski definition) is 1. The van der Waals surface area contributed by atoms with Gasteiger partial charge >= 0.3 is 6.03 Å². The summed E-state index contributed by atoms with van der Waals surface area (Å²) in [5.41, 5.74) is 5.80. The highest BCUT2D eigenvalue weighted by molar-refractivity contribution is 5.74. The highest BCUT2D eigenvalue weighted by atomic mass is 16.5. The van der Waals surface area contributed by atoms with Crippen LogP contribution in [0.2, 0.25) is 0 Å². The Kier molecular flexibility index (Phi) is 4.97. The summed E-state index contributed by atoms with van der Waals surface area (Å²) < 4.78 is 7.31. The number of ether oxygens (including phenoxy) is 1. The van der Waals surface area contributed by atoms with Crippen LogP contribution in [0.3, 0.4) is 0 Å². The van der Waals surface area contributed by atoms with Gasteiger partial charge in [-0.3, -0.25) is 4.68 Å². The number of carbonyl (C=O) groups is 1. The smallest absolute Gasteiger partial charge is 0.317 e. The number of hydrogen-bond acceptors (Lipinski definition) is 3. The predicted octanol–water partition coefficient (Wildman–Crippen LogP) is 2.36. The van der Waals surface area contributed by atoms with E-state index in [1.165, 1.54) is 16.7 Å². The van der Waals surface area contributed by atoms with E-state index in [0.717, 1.165) is 30.0 Å². The third-order valence-electron chi connectivity index (χ3n) is 5.04. The van der Waals surface area contributed by atoms with E-state index >= 15 is 0 Å². The first kappa shape index (κ1) is 17.3. The van der Waals surface area contributed by atoms with Crippen molar-refractivity contribution < 1.29 is 9.53 Å². The second kappa shape index (κ2) is 7.17. The van der Waals surface area contributed by atoms with E-state index in [4.69, 9.17) is 4.74 Å². The molecule has 134 valence electrons. The van der Waals surface area contributed by atoms with Gasteiger partial charge in [0.15, 0.2) is 0 Å². The zero-order chi connectivity index (χ0) is 18.0. The van der Waals surface area contributed by atoms with Crippen molar-refractivity contribution in [3.05, 3.63) is 46.3 Å². The molecule has 2 amide bonds. The molecule has 0 fully saturated rings. The van der Waals surface area contributed by atoms with Crippen molar-refractivity contribution in [2.24, 2.45) is 7.05 Å². The minimum atomic E-state index is -0.00679. The summed E-state index contributed by atoms with van der Waals surface area (Å²) in [7, 11) is 3.64. The molecule has 0 aliphatic carbocycles. The van der Waals surface area contributed by atoms with Gasteiger partial charge < -0.3 is 15.0 Å². The van der Waals surface area contributed by atoms with Crippen LogP contribution in [0.4, 0.5) is 4.79 Å². The maximum absolute atomic E-state index is 12.5. The number of nitrogens with zero attached hydrogens (tertiary/aromatic N) is 3. The lowest BCUT2D eigenvalue weighted by Gasteiger charge is -2.29. The molecule has 1 aliphatic heterocycles. The first-order valence-electron chi connectivity index (χ1n) is 8.68. The molecule has 6 heteroatoms. The normalized spacial score (nSPS) is 13.5. The van der Waals surface area contributed by atoms with Crippen molar-refractivity contribution in [3.63, 3.8) is 0 Å². The SMILES string of the molecule is COc1cccc2c1CCN(C(=O)NCCc1c(C)nn(C)c1C)C2. The van der Waals surface area contributed by atoms with Crippen molar-refractivity contribution in [2.45, 2.75) is 33.2 Å². The number of aryl methyl sites for hydroxylation is 2. The topological polar surface area (TPSA) is 59.4 Å². The molecule has 0 bridgehead atoms. The Balaban J connectivity index is 1.57. The third-order valence-corrected chi connectivity index (χ3v) is 5.04. The number of fused-ring (bicyclic) bond motifs is 1. The van der Waals surface area contributed by atoms with E-state index in [0.29, 0.717) is 19.6 Å². The lowest BCUT2D eigenvalue weighted by molar-refractivity contribution is 0.192. The van der Waals surface area contributed by atoms with Gasteiger partial charge in [0.05, 0.1) is 12.8 Å². The molecule has 0 radical (unpaired) electrons. The Bertz CT molecular complexity index is 782. The Morgan fingerprint density at radius 2 is 2.16 bits per heavy atom. The van der Waals surface area contributed by atoms with Crippen LogP contribution in [-0.4, -0.2) is 40.9 Å². The van der Waals surface area contributed by atoms with Gasteiger partial charge in [-0.1, -0.05) is 12.1 Å². The van der Waals surface area contributed by atoms with E-state index in [-0.39, 0.29) is 6.03 Å². The molecule has 1 aromatic heterocycles. The second-order valence-electron chi connectivity index (χ2n) is 6.52. The van der Waals surface area contributed by atoms with Gasteiger partial charge in [-0.15, -0.1) is 0 Å². The molecule has 2 heterocycles. The van der Waals surface area contributed by atoms with Crippen LogP contribution >= 0.6 is 0 Å². The number of rotatable bonds is 4. The minimum absolute atomic E-state index is 0.00679. The molecule has 1 aliphatic rings. The Morgan fingerprint density at radius 1 is 1.36 bits per heavy atom. The van der Waals surface area contributed by atoms with Crippen LogP contribution < -0.4 is 10.1 Å². The molecule has 0 atom stereocenters. The average molecular weight is 342 g/mol. The van der Waals surface area contributed by atoms with Gasteiger partial charge in [-0.2, -0.15) is 5.10 Å². The van der Waals surface area contributed by atoms with E-state index in [1.807, 2.05) is 35.7 Å². The molecule has 6 nitrogen and oxygen atoms in total. The van der Waals surface area contributed by atoms with Gasteiger partial charge in [0, 0.05) is 37.9 Å². The summed E-state index contributed by atoms with van der Waals surface area (Å²) in [6.45, 7) is 6.03. The maximum Gasteiger partial charge on any atom is 0.317 e. The summed E-state index contributed by atoms with van der Waals surface area (Å²) in [5, 5.41) is 7.46. The lowest BCUT2D eigenvalue weighted by atomic mass is 9.99. The Morgan fingerprint density at radius 3 is 2.84 bits per heavy atom. The number of carbonyl (C=O) groups excluding carboxylic acids is 1. The summed E-state index contributed by atoms with van der Waals surface area (Å²) in [4.78, 5) is 14.4. The van der Waals surface area contributed by atoms with E-state index < -0.39 is 0 Å². The van der Waals surface area contributed by atoms with Crippen LogP contribution in [0.5, 0.6) is 5.75 Å². The number of nitrogens with one attached hydrogen (secondary N) is 1. The largest absolute Gasteiger partial charge is 0.496 e. The number of aromatic nitrogens is 2. The highest BCUT2D eigenvalue weighted by Crippen LogP contribution is 2.27. The van der Waals surface area contributed by atoms with Crippen molar-refractivity contribution >= 4 is 6.03 Å². The fraction of sp³-hybridized carbons (Fsp3) is 0.474. The molecular formula is C19H26N4O2. The van der Waals surface area contributed by atoms with Crippen molar-refractivity contribution in [2.75, 3.05) is 20.2 Å². The number of amides is 2. The summed E-state index contributed by atoms with van der Waals surface area (Å²) in [5.74, 6) is 0.917. The third kappa shape index (κ3) is 3.48. The Labute approximate surface area is 148 Å². The monoisotopic (exact) mass is 342 g/mol. The molecule has 0 saturated heterocycles. The number of benzene rings is 1. The summed E-state index contributed by atoms with van der Waals surface area (Å²) in [6, 6.07) is 6.02. The summed E-state index contributed by atoms with van der Waals surface area (Å²) in [6.07, 6.45) is 1.63. The van der Waals surface area contributed by atoms with Gasteiger partial charge in [-0.05, 0) is 43.9 Å². The van der Waals surface area contributed by atoms with Crippen LogP contribution in [0, 0.1) is 13.8 Å². The predicted molar refractivity (Wildman–Crippen MR) is 96.9 cm³/mol. The molecule has 1 aromatic carbocycles. The molecule has 0 spiro atoms. The molecule has 2 aromatic rings. The fourth-order valence-corrected chi connectivity index (χ4v) is 3.52. The molecule has 0 saturated carbocycles. The quantitative estimate of drug-likeness (QED) is 0.928. The van der Waals surface area contributed by atoms with Crippen LogP contribution in [0.1, 0.15) is 28.1 Å². The number of urea groups is 1. The molecule has 3 rings (SSSR count). The second-order valence-corrected chi connectivity index (χ2v) is 6.52. The van der Waals surface area contributed by atoms with E-state index in [2.05, 4.69) is 23.4 Å². The Hall–Kier alpha value is -2.50. The molecular weight excluding hydrogens is 316 g/mol. The van der Waals surface area contributed by atoms with Gasteiger partial charge in [0.1, 0.15) is 5.75 Å². The zero-order valence-corrected chi connectivity index (χ0v) is 15.4. The molecule has 0 unspecified atom stereocenters. The molecule has 1 N–H and O–H groups in total. The van der Waals surface area contributed by atoms with Crippen molar-refractivity contribution in [3.8, 4) is 5.75 Å². The van der Waals surface area contributed by atoms with E-state index in [1.54, 1.807) is 7.11 Å². The van der Waals surface area contributed by atoms with Crippen LogP contribution in [-0.2, 0) is 26.4 Å². The maximum atomic E-state index is 12.5. The van der Waals surface area contributed by atoms with Gasteiger partial charge in [0.25, 0.3) is 0 Å². The first-order valence-corrected chi connectivity index (χ1v) is 8.68. The van der Waals surface area contributed by atoms with Gasteiger partial charge in [-0.25, -0.2) is 4.79 Å². The molecule has 25 heavy (non-hydrogen) atoms. The highest BCUT2D eigenvalue weighted by Gasteiger charge is 2.22. The summed E-state index contributed by atoms with van der Waals surface area (Å²) >= 11 is 0. The average Bonchev–Trinajstić information content (AvgIpc) is 2.86. The number of methoxy groups -OCH3 is 1. The van der Waals surface area contributed by atoms with E-state index in [9.17, 15) is 4.79 Å². The minimum Gasteiger partial charge on any atom is -0.496 e. The van der Waals surface area contributed by atoms with Crippen LogP contribution in [0.25, 0.3) is 0 Å². The lowest BCUT2D eigenvalue weighted by Crippen LogP contribution is -2.43.